The van der Waals surface area contributed by atoms with Gasteiger partial charge in [0.25, 0.3) is 5.91 Å². The zero-order chi connectivity index (χ0) is 24.3. The van der Waals surface area contributed by atoms with Crippen LogP contribution < -0.4 is 21.7 Å². The van der Waals surface area contributed by atoms with Crippen molar-refractivity contribution in [2.45, 2.75) is 12.7 Å². The summed E-state index contributed by atoms with van der Waals surface area (Å²) >= 11 is 0. The molecule has 0 atom stereocenters. The molecule has 0 saturated carbocycles. The second-order valence-corrected chi connectivity index (χ2v) is 7.38. The number of fused-ring (bicyclic) bond motifs is 1. The number of rotatable bonds is 5. The second kappa shape index (κ2) is 9.14. The third-order valence-corrected chi connectivity index (χ3v) is 4.95. The van der Waals surface area contributed by atoms with Gasteiger partial charge in [-0.3, -0.25) is 9.89 Å². The van der Waals surface area contributed by atoms with E-state index < -0.39 is 17.8 Å². The van der Waals surface area contributed by atoms with Crippen LogP contribution in [0.15, 0.2) is 66.7 Å². The van der Waals surface area contributed by atoms with E-state index in [1.54, 1.807) is 42.5 Å². The Morgan fingerprint density at radius 3 is 2.41 bits per heavy atom. The van der Waals surface area contributed by atoms with Gasteiger partial charge in [-0.15, -0.1) is 0 Å². The van der Waals surface area contributed by atoms with Crippen molar-refractivity contribution in [2.24, 2.45) is 0 Å². The normalized spacial score (nSPS) is 11.3. The molecule has 1 heterocycles. The van der Waals surface area contributed by atoms with Crippen LogP contribution in [0.3, 0.4) is 0 Å². The molecule has 4 aromatic rings. The maximum Gasteiger partial charge on any atom is 0.416 e. The number of nitrogens with two attached hydrogens (primary N) is 1. The van der Waals surface area contributed by atoms with Gasteiger partial charge in [0.2, 0.25) is 0 Å². The van der Waals surface area contributed by atoms with Crippen LogP contribution in [0, 0.1) is 0 Å². The minimum atomic E-state index is -4.51. The van der Waals surface area contributed by atoms with E-state index in [1.165, 1.54) is 12.1 Å². The van der Waals surface area contributed by atoms with E-state index in [4.69, 9.17) is 5.73 Å². The first-order valence-electron chi connectivity index (χ1n) is 10.1. The SMILES string of the molecule is Nc1n[nH]c2cccc(C(=O)Nc3cccc(CNC(=O)Nc4cccc(C(F)(F)F)c4)c3)c12. The van der Waals surface area contributed by atoms with Crippen molar-refractivity contribution >= 4 is 40.0 Å². The average molecular weight is 468 g/mol. The van der Waals surface area contributed by atoms with E-state index in [0.717, 1.165) is 12.1 Å². The summed E-state index contributed by atoms with van der Waals surface area (Å²) in [5.41, 5.74) is 7.16. The maximum absolute atomic E-state index is 12.8. The number of alkyl halides is 3. The van der Waals surface area contributed by atoms with Crippen LogP contribution in [-0.4, -0.2) is 22.1 Å². The summed E-state index contributed by atoms with van der Waals surface area (Å²) in [5, 5.41) is 14.9. The Morgan fingerprint density at radius 1 is 0.941 bits per heavy atom. The number of amides is 3. The molecule has 174 valence electrons. The first-order chi connectivity index (χ1) is 16.2. The third kappa shape index (κ3) is 5.09. The van der Waals surface area contributed by atoms with E-state index in [-0.39, 0.29) is 24.0 Å². The molecule has 4 rings (SSSR count). The van der Waals surface area contributed by atoms with Gasteiger partial charge in [0.1, 0.15) is 0 Å². The summed E-state index contributed by atoms with van der Waals surface area (Å²) in [5.74, 6) is -0.170. The van der Waals surface area contributed by atoms with E-state index in [2.05, 4.69) is 26.1 Å². The summed E-state index contributed by atoms with van der Waals surface area (Å²) in [6.07, 6.45) is -4.51. The second-order valence-electron chi connectivity index (χ2n) is 7.38. The van der Waals surface area contributed by atoms with E-state index in [0.29, 0.717) is 27.7 Å². The van der Waals surface area contributed by atoms with Crippen LogP contribution >= 0.6 is 0 Å². The molecule has 3 aromatic carbocycles. The Labute approximate surface area is 191 Å². The summed E-state index contributed by atoms with van der Waals surface area (Å²) < 4.78 is 38.5. The lowest BCUT2D eigenvalue weighted by Crippen LogP contribution is -2.28. The molecule has 0 spiro atoms. The molecule has 0 bridgehead atoms. The Bertz CT molecular complexity index is 1370. The number of benzene rings is 3. The molecule has 0 aliphatic heterocycles. The average Bonchev–Trinajstić information content (AvgIpc) is 3.18. The minimum absolute atomic E-state index is 0.0148. The number of carbonyl (C=O) groups excluding carboxylic acids is 2. The monoisotopic (exact) mass is 468 g/mol. The van der Waals surface area contributed by atoms with Crippen LogP contribution in [-0.2, 0) is 12.7 Å². The molecule has 0 aliphatic carbocycles. The van der Waals surface area contributed by atoms with E-state index in [1.807, 2.05) is 0 Å². The largest absolute Gasteiger partial charge is 0.416 e. The first-order valence-corrected chi connectivity index (χ1v) is 10.1. The predicted molar refractivity (Wildman–Crippen MR) is 122 cm³/mol. The topological polar surface area (TPSA) is 125 Å². The molecule has 34 heavy (non-hydrogen) atoms. The fourth-order valence-electron chi connectivity index (χ4n) is 3.38. The van der Waals surface area contributed by atoms with Gasteiger partial charge in [0, 0.05) is 17.9 Å². The van der Waals surface area contributed by atoms with Crippen molar-refractivity contribution in [1.29, 1.82) is 0 Å². The summed E-state index contributed by atoms with van der Waals surface area (Å²) in [6.45, 7) is 0.0821. The van der Waals surface area contributed by atoms with E-state index in [9.17, 15) is 22.8 Å². The molecule has 11 heteroatoms. The molecular formula is C23H19F3N6O2. The number of nitrogen functional groups attached to an aromatic ring is 1. The van der Waals surface area contributed by atoms with Gasteiger partial charge < -0.3 is 21.7 Å². The maximum atomic E-state index is 12.8. The standard InChI is InChI=1S/C23H19F3N6O2/c24-23(25,26)14-5-2-7-16(11-14)30-22(34)28-12-13-4-1-6-15(10-13)29-21(33)17-8-3-9-18-19(17)20(27)32-31-18/h1-11H,12H2,(H,29,33)(H3,27,31,32)(H2,28,30,34). The smallest absolute Gasteiger partial charge is 0.382 e. The number of anilines is 3. The molecule has 1 aromatic heterocycles. The van der Waals surface area contributed by atoms with Crippen LogP contribution in [0.2, 0.25) is 0 Å². The van der Waals surface area contributed by atoms with E-state index >= 15 is 0 Å². The third-order valence-electron chi connectivity index (χ3n) is 4.95. The van der Waals surface area contributed by atoms with Gasteiger partial charge in [-0.25, -0.2) is 4.79 Å². The molecule has 0 unspecified atom stereocenters. The zero-order valence-electron chi connectivity index (χ0n) is 17.5. The highest BCUT2D eigenvalue weighted by Crippen LogP contribution is 2.30. The molecule has 0 saturated heterocycles. The Balaban J connectivity index is 1.39. The van der Waals surface area contributed by atoms with Gasteiger partial charge in [-0.05, 0) is 48.0 Å². The first kappa shape index (κ1) is 22.6. The number of nitrogens with zero attached hydrogens (tertiary/aromatic N) is 1. The van der Waals surface area contributed by atoms with Crippen LogP contribution in [0.4, 0.5) is 35.2 Å². The number of aromatic amines is 1. The van der Waals surface area contributed by atoms with Gasteiger partial charge in [0.05, 0.1) is 22.0 Å². The highest BCUT2D eigenvalue weighted by atomic mass is 19.4. The number of aromatic nitrogens is 2. The Kier molecular flexibility index (Phi) is 6.09. The number of H-pyrrole nitrogens is 1. The van der Waals surface area contributed by atoms with Gasteiger partial charge >= 0.3 is 12.2 Å². The van der Waals surface area contributed by atoms with Crippen molar-refractivity contribution in [3.8, 4) is 0 Å². The molecule has 0 radical (unpaired) electrons. The lowest BCUT2D eigenvalue weighted by atomic mass is 10.1. The predicted octanol–water partition coefficient (Wildman–Crippen LogP) is 4.74. The van der Waals surface area contributed by atoms with Gasteiger partial charge in [-0.1, -0.05) is 24.3 Å². The lowest BCUT2D eigenvalue weighted by Gasteiger charge is -2.12. The van der Waals surface area contributed by atoms with Crippen molar-refractivity contribution in [1.82, 2.24) is 15.5 Å². The fraction of sp³-hybridized carbons (Fsp3) is 0.0870. The van der Waals surface area contributed by atoms with Crippen LogP contribution in [0.1, 0.15) is 21.5 Å². The van der Waals surface area contributed by atoms with Crippen molar-refractivity contribution in [3.05, 3.63) is 83.4 Å². The molecule has 0 aliphatic rings. The lowest BCUT2D eigenvalue weighted by molar-refractivity contribution is -0.137. The minimum Gasteiger partial charge on any atom is -0.382 e. The highest BCUT2D eigenvalue weighted by Gasteiger charge is 2.30. The zero-order valence-corrected chi connectivity index (χ0v) is 17.5. The molecular weight excluding hydrogens is 449 g/mol. The fourth-order valence-corrected chi connectivity index (χ4v) is 3.38. The van der Waals surface area contributed by atoms with Crippen LogP contribution in [0.25, 0.3) is 10.9 Å². The Hall–Kier alpha value is -4.54. The quantitative estimate of drug-likeness (QED) is 0.290. The van der Waals surface area contributed by atoms with Gasteiger partial charge in [0.15, 0.2) is 5.82 Å². The van der Waals surface area contributed by atoms with Gasteiger partial charge in [-0.2, -0.15) is 18.3 Å². The molecule has 3 amide bonds. The number of urea groups is 1. The summed E-state index contributed by atoms with van der Waals surface area (Å²) in [6, 6.07) is 15.5. The summed E-state index contributed by atoms with van der Waals surface area (Å²) in [7, 11) is 0. The summed E-state index contributed by atoms with van der Waals surface area (Å²) in [4.78, 5) is 24.9. The van der Waals surface area contributed by atoms with Crippen molar-refractivity contribution in [2.75, 3.05) is 16.4 Å². The number of nitrogens with one attached hydrogen (secondary N) is 4. The van der Waals surface area contributed by atoms with Crippen molar-refractivity contribution < 1.29 is 22.8 Å². The number of halogens is 3. The van der Waals surface area contributed by atoms with Crippen LogP contribution in [0.5, 0.6) is 0 Å². The van der Waals surface area contributed by atoms with Crippen molar-refractivity contribution in [3.63, 3.8) is 0 Å². The number of hydrogen-bond donors (Lipinski definition) is 5. The molecule has 8 nitrogen and oxygen atoms in total. The Morgan fingerprint density at radius 2 is 1.65 bits per heavy atom. The number of hydrogen-bond acceptors (Lipinski definition) is 4. The highest BCUT2D eigenvalue weighted by molar-refractivity contribution is 6.14. The molecule has 6 N–H and O–H groups in total. The molecule has 0 fully saturated rings. The number of carbonyl (C=O) groups is 2.